The summed E-state index contributed by atoms with van der Waals surface area (Å²) in [6, 6.07) is 2.89. The molecule has 0 amide bonds. The van der Waals surface area contributed by atoms with Crippen LogP contribution in [0.5, 0.6) is 5.75 Å². The second-order valence-electron chi connectivity index (χ2n) is 3.70. The predicted octanol–water partition coefficient (Wildman–Crippen LogP) is 1.99. The number of rotatable bonds is 4. The summed E-state index contributed by atoms with van der Waals surface area (Å²) in [5.41, 5.74) is 0.423. The van der Waals surface area contributed by atoms with Crippen LogP contribution in [0.15, 0.2) is 39.1 Å². The van der Waals surface area contributed by atoms with E-state index in [4.69, 9.17) is 14.3 Å². The Bertz CT molecular complexity index is 480. The molecule has 17 heavy (non-hydrogen) atoms. The predicted molar refractivity (Wildman–Crippen MR) is 66.0 cm³/mol. The molecule has 92 valence electrons. The quantitative estimate of drug-likeness (QED) is 0.812. The van der Waals surface area contributed by atoms with Crippen LogP contribution >= 0.6 is 0 Å². The van der Waals surface area contributed by atoms with Gasteiger partial charge in [-0.3, -0.25) is 0 Å². The summed E-state index contributed by atoms with van der Waals surface area (Å²) in [6.45, 7) is 3.52. The molecule has 0 saturated carbocycles. The lowest BCUT2D eigenvalue weighted by Crippen LogP contribution is -1.98. The van der Waals surface area contributed by atoms with E-state index < -0.39 is 11.7 Å². The van der Waals surface area contributed by atoms with Gasteiger partial charge in [0.1, 0.15) is 11.5 Å². The van der Waals surface area contributed by atoms with E-state index in [1.807, 2.05) is 6.92 Å². The van der Waals surface area contributed by atoms with E-state index in [1.54, 1.807) is 31.2 Å². The van der Waals surface area contributed by atoms with Crippen LogP contribution in [0.25, 0.3) is 6.08 Å². The number of hydrogen-bond acceptors (Lipinski definition) is 4. The molecule has 0 bridgehead atoms. The molecular weight excluding hydrogens is 220 g/mol. The molecule has 0 aromatic carbocycles. The van der Waals surface area contributed by atoms with Crippen LogP contribution in [-0.2, 0) is 0 Å². The van der Waals surface area contributed by atoms with Crippen molar-refractivity contribution in [1.82, 2.24) is 0 Å². The van der Waals surface area contributed by atoms with Crippen LogP contribution in [0, 0.1) is 0 Å². The largest absolute Gasteiger partial charge is 0.496 e. The molecule has 1 unspecified atom stereocenters. The maximum Gasteiger partial charge on any atom is 0.339 e. The second-order valence-corrected chi connectivity index (χ2v) is 3.70. The first-order chi connectivity index (χ1) is 8.01. The summed E-state index contributed by atoms with van der Waals surface area (Å²) in [6.07, 6.45) is 4.59. The lowest BCUT2D eigenvalue weighted by Gasteiger charge is -1.99. The molecule has 1 atom stereocenters. The maximum atomic E-state index is 11.2. The van der Waals surface area contributed by atoms with Gasteiger partial charge in [-0.1, -0.05) is 17.7 Å². The molecule has 0 saturated heterocycles. The zero-order chi connectivity index (χ0) is 12.8. The number of hydrogen-bond donors (Lipinski definition) is 1. The molecule has 0 aliphatic rings. The lowest BCUT2D eigenvalue weighted by atomic mass is 10.2. The van der Waals surface area contributed by atoms with Crippen molar-refractivity contribution in [3.05, 3.63) is 46.0 Å². The molecule has 1 N–H and O–H groups in total. The summed E-state index contributed by atoms with van der Waals surface area (Å²) >= 11 is 0. The van der Waals surface area contributed by atoms with E-state index in [2.05, 4.69) is 0 Å². The van der Waals surface area contributed by atoms with Gasteiger partial charge in [0.05, 0.1) is 19.3 Å². The van der Waals surface area contributed by atoms with Gasteiger partial charge in [0.2, 0.25) is 0 Å². The molecular formula is C13H16O4. The summed E-state index contributed by atoms with van der Waals surface area (Å²) in [5.74, 6) is 0.866. The van der Waals surface area contributed by atoms with E-state index in [0.717, 1.165) is 5.57 Å². The van der Waals surface area contributed by atoms with Crippen LogP contribution in [0.3, 0.4) is 0 Å². The highest BCUT2D eigenvalue weighted by molar-refractivity contribution is 5.49. The molecule has 1 aromatic rings. The standard InChI is InChI=1S/C13H16O4/c1-9(6-10(2)14)4-5-11-7-12(16-3)8-13(15)17-11/h4-8,10,14H,1-3H3/b5-4+,9-6+. The number of methoxy groups -OCH3 is 1. The number of aliphatic hydroxyl groups is 1. The summed E-state index contributed by atoms with van der Waals surface area (Å²) < 4.78 is 9.92. The lowest BCUT2D eigenvalue weighted by molar-refractivity contribution is 0.243. The highest BCUT2D eigenvalue weighted by atomic mass is 16.5. The number of aliphatic hydroxyl groups excluding tert-OH is 1. The molecule has 4 nitrogen and oxygen atoms in total. The van der Waals surface area contributed by atoms with Gasteiger partial charge in [-0.15, -0.1) is 0 Å². The van der Waals surface area contributed by atoms with Crippen LogP contribution in [-0.4, -0.2) is 18.3 Å². The fraction of sp³-hybridized carbons (Fsp3) is 0.308. The Balaban J connectivity index is 2.92. The second kappa shape index (κ2) is 6.06. The highest BCUT2D eigenvalue weighted by Crippen LogP contribution is 2.11. The summed E-state index contributed by atoms with van der Waals surface area (Å²) in [5, 5.41) is 9.14. The van der Waals surface area contributed by atoms with Gasteiger partial charge >= 0.3 is 5.63 Å². The smallest absolute Gasteiger partial charge is 0.339 e. The number of allylic oxidation sites excluding steroid dienone is 2. The molecule has 0 fully saturated rings. The van der Waals surface area contributed by atoms with Crippen molar-refractivity contribution in [2.24, 2.45) is 0 Å². The monoisotopic (exact) mass is 236 g/mol. The molecule has 1 rings (SSSR count). The highest BCUT2D eigenvalue weighted by Gasteiger charge is 1.98. The molecule has 1 heterocycles. The van der Waals surface area contributed by atoms with Gasteiger partial charge in [0.25, 0.3) is 0 Å². The zero-order valence-electron chi connectivity index (χ0n) is 10.1. The minimum Gasteiger partial charge on any atom is -0.496 e. The van der Waals surface area contributed by atoms with Crippen molar-refractivity contribution >= 4 is 6.08 Å². The minimum atomic E-state index is -0.503. The van der Waals surface area contributed by atoms with Gasteiger partial charge in [0, 0.05) is 6.07 Å². The normalized spacial score (nSPS) is 14.0. The Morgan fingerprint density at radius 1 is 1.53 bits per heavy atom. The molecule has 0 radical (unpaired) electrons. The van der Waals surface area contributed by atoms with Crippen LogP contribution in [0.4, 0.5) is 0 Å². The zero-order valence-corrected chi connectivity index (χ0v) is 10.1. The van der Waals surface area contributed by atoms with Crippen molar-refractivity contribution in [1.29, 1.82) is 0 Å². The van der Waals surface area contributed by atoms with Gasteiger partial charge in [-0.2, -0.15) is 0 Å². The van der Waals surface area contributed by atoms with Crippen molar-refractivity contribution in [2.75, 3.05) is 7.11 Å². The maximum absolute atomic E-state index is 11.2. The van der Waals surface area contributed by atoms with E-state index >= 15 is 0 Å². The fourth-order valence-corrected chi connectivity index (χ4v) is 1.32. The molecule has 0 spiro atoms. The van der Waals surface area contributed by atoms with Gasteiger partial charge in [0.15, 0.2) is 0 Å². The van der Waals surface area contributed by atoms with Gasteiger partial charge in [-0.25, -0.2) is 4.79 Å². The molecule has 4 heteroatoms. The van der Waals surface area contributed by atoms with Gasteiger partial charge < -0.3 is 14.3 Å². The summed E-state index contributed by atoms with van der Waals surface area (Å²) in [7, 11) is 1.49. The van der Waals surface area contributed by atoms with Crippen LogP contribution < -0.4 is 10.4 Å². The molecule has 0 aliphatic heterocycles. The minimum absolute atomic E-state index is 0.410. The fourth-order valence-electron chi connectivity index (χ4n) is 1.32. The van der Waals surface area contributed by atoms with E-state index in [9.17, 15) is 4.79 Å². The Kier molecular flexibility index (Phi) is 4.72. The SMILES string of the molecule is COc1cc(/C=C/C(C)=C/C(C)O)oc(=O)c1. The Morgan fingerprint density at radius 2 is 2.24 bits per heavy atom. The first kappa shape index (κ1) is 13.3. The van der Waals surface area contributed by atoms with Crippen molar-refractivity contribution in [2.45, 2.75) is 20.0 Å². The van der Waals surface area contributed by atoms with E-state index in [-0.39, 0.29) is 0 Å². The van der Waals surface area contributed by atoms with Crippen molar-refractivity contribution in [3.8, 4) is 5.75 Å². The third-order valence-corrected chi connectivity index (χ3v) is 2.01. The average molecular weight is 236 g/mol. The Morgan fingerprint density at radius 3 is 2.82 bits per heavy atom. The third-order valence-electron chi connectivity index (χ3n) is 2.01. The van der Waals surface area contributed by atoms with Crippen LogP contribution in [0.2, 0.25) is 0 Å². The first-order valence-electron chi connectivity index (χ1n) is 5.25. The van der Waals surface area contributed by atoms with E-state index in [0.29, 0.717) is 11.5 Å². The van der Waals surface area contributed by atoms with Gasteiger partial charge in [-0.05, 0) is 19.9 Å². The first-order valence-corrected chi connectivity index (χ1v) is 5.25. The van der Waals surface area contributed by atoms with E-state index in [1.165, 1.54) is 13.2 Å². The average Bonchev–Trinajstić information content (AvgIpc) is 2.24. The Labute approximate surface area is 99.8 Å². The van der Waals surface area contributed by atoms with Crippen molar-refractivity contribution < 1.29 is 14.3 Å². The third kappa shape index (κ3) is 4.70. The molecule has 1 aromatic heterocycles. The van der Waals surface area contributed by atoms with Crippen LogP contribution in [0.1, 0.15) is 19.6 Å². The molecule has 0 aliphatic carbocycles. The Hall–Kier alpha value is -1.81. The number of ether oxygens (including phenoxy) is 1. The van der Waals surface area contributed by atoms with Crippen molar-refractivity contribution in [3.63, 3.8) is 0 Å². The summed E-state index contributed by atoms with van der Waals surface area (Å²) in [4.78, 5) is 11.2. The topological polar surface area (TPSA) is 59.7 Å².